The lowest BCUT2D eigenvalue weighted by atomic mass is 10.0. The Morgan fingerprint density at radius 1 is 1.39 bits per heavy atom. The van der Waals surface area contributed by atoms with Crippen molar-refractivity contribution in [2.24, 2.45) is 5.92 Å². The molecule has 0 aliphatic rings. The van der Waals surface area contributed by atoms with Gasteiger partial charge in [-0.05, 0) is 30.9 Å². The van der Waals surface area contributed by atoms with Gasteiger partial charge in [-0.2, -0.15) is 4.39 Å². The van der Waals surface area contributed by atoms with Gasteiger partial charge in [0, 0.05) is 18.7 Å². The highest BCUT2D eigenvalue weighted by molar-refractivity contribution is 5.34. The fraction of sp³-hybridized carbons (Fsp3) is 0.538. The summed E-state index contributed by atoms with van der Waals surface area (Å²) in [6.45, 7) is 6.87. The molecule has 1 unspecified atom stereocenters. The van der Waals surface area contributed by atoms with Gasteiger partial charge in [0.25, 0.3) is 0 Å². The molecule has 0 aliphatic heterocycles. The zero-order chi connectivity index (χ0) is 13.7. The number of halogens is 1. The fourth-order valence-corrected chi connectivity index (χ4v) is 1.89. The number of hydrogen-bond acceptors (Lipinski definition) is 3. The predicted molar refractivity (Wildman–Crippen MR) is 68.8 cm³/mol. The molecule has 100 valence electrons. The molecule has 0 spiro atoms. The van der Waals surface area contributed by atoms with Gasteiger partial charge in [-0.15, -0.1) is 0 Å². The molecule has 0 amide bonds. The molecule has 1 rings (SSSR count). The lowest BCUT2D eigenvalue weighted by Crippen LogP contribution is -2.26. The minimum atomic E-state index is -0.782. The van der Waals surface area contributed by atoms with E-state index in [9.17, 15) is 14.5 Å². The number of hydrogen-bond donors (Lipinski definition) is 1. The third-order valence-corrected chi connectivity index (χ3v) is 2.69. The lowest BCUT2D eigenvalue weighted by molar-refractivity contribution is -0.387. The number of nitro groups is 1. The van der Waals surface area contributed by atoms with Crippen molar-refractivity contribution in [1.82, 2.24) is 5.32 Å². The van der Waals surface area contributed by atoms with Crippen LogP contribution in [0.5, 0.6) is 0 Å². The third-order valence-electron chi connectivity index (χ3n) is 2.69. The smallest absolute Gasteiger partial charge is 0.304 e. The van der Waals surface area contributed by atoms with Crippen LogP contribution in [0, 0.1) is 21.8 Å². The molecule has 4 nitrogen and oxygen atoms in total. The zero-order valence-corrected chi connectivity index (χ0v) is 10.9. The van der Waals surface area contributed by atoms with Crippen molar-refractivity contribution in [3.05, 3.63) is 39.7 Å². The van der Waals surface area contributed by atoms with Crippen LogP contribution in [0.4, 0.5) is 10.1 Å². The number of benzene rings is 1. The van der Waals surface area contributed by atoms with Crippen LogP contribution in [0.3, 0.4) is 0 Å². The fourth-order valence-electron chi connectivity index (χ4n) is 1.89. The van der Waals surface area contributed by atoms with Gasteiger partial charge in [0.2, 0.25) is 5.82 Å². The van der Waals surface area contributed by atoms with Crippen LogP contribution in [0.25, 0.3) is 0 Å². The molecular weight excluding hydrogens is 235 g/mol. The first-order valence-electron chi connectivity index (χ1n) is 6.06. The molecule has 0 aliphatic carbocycles. The van der Waals surface area contributed by atoms with Gasteiger partial charge < -0.3 is 5.32 Å². The second-order valence-corrected chi connectivity index (χ2v) is 4.95. The molecule has 18 heavy (non-hydrogen) atoms. The summed E-state index contributed by atoms with van der Waals surface area (Å²) in [5, 5.41) is 13.7. The molecule has 0 bridgehead atoms. The summed E-state index contributed by atoms with van der Waals surface area (Å²) in [6, 6.07) is 4.34. The normalized spacial score (nSPS) is 12.7. The van der Waals surface area contributed by atoms with Crippen LogP contribution in [0.15, 0.2) is 18.2 Å². The largest absolute Gasteiger partial charge is 0.310 e. The van der Waals surface area contributed by atoms with Crippen LogP contribution in [0.1, 0.15) is 32.8 Å². The molecule has 0 saturated heterocycles. The molecule has 0 fully saturated rings. The second kappa shape index (κ2) is 6.44. The van der Waals surface area contributed by atoms with E-state index in [1.165, 1.54) is 12.1 Å². The SMILES string of the molecule is CC(C)CC(C)NCc1ccc([N+](=O)[O-])c(F)c1. The maximum absolute atomic E-state index is 13.4. The van der Waals surface area contributed by atoms with Crippen LogP contribution in [-0.4, -0.2) is 11.0 Å². The second-order valence-electron chi connectivity index (χ2n) is 4.95. The quantitative estimate of drug-likeness (QED) is 0.626. The Balaban J connectivity index is 2.58. The van der Waals surface area contributed by atoms with Crippen molar-refractivity contribution in [2.75, 3.05) is 0 Å². The highest BCUT2D eigenvalue weighted by Gasteiger charge is 2.13. The van der Waals surface area contributed by atoms with Crippen molar-refractivity contribution >= 4 is 5.69 Å². The summed E-state index contributed by atoms with van der Waals surface area (Å²) in [5.41, 5.74) is 0.239. The van der Waals surface area contributed by atoms with E-state index in [0.717, 1.165) is 6.42 Å². The molecule has 1 atom stereocenters. The van der Waals surface area contributed by atoms with E-state index in [0.29, 0.717) is 24.1 Å². The summed E-state index contributed by atoms with van der Waals surface area (Å²) in [6.07, 6.45) is 1.04. The van der Waals surface area contributed by atoms with E-state index in [1.807, 2.05) is 0 Å². The highest BCUT2D eigenvalue weighted by Crippen LogP contribution is 2.18. The molecule has 1 N–H and O–H groups in total. The Bertz CT molecular complexity index is 421. The topological polar surface area (TPSA) is 55.2 Å². The molecule has 0 saturated carbocycles. The van der Waals surface area contributed by atoms with Crippen LogP contribution in [0.2, 0.25) is 0 Å². The van der Waals surface area contributed by atoms with E-state index in [-0.39, 0.29) is 0 Å². The molecule has 0 aromatic heterocycles. The van der Waals surface area contributed by atoms with E-state index in [4.69, 9.17) is 0 Å². The van der Waals surface area contributed by atoms with Crippen LogP contribution in [-0.2, 0) is 6.54 Å². The number of nitrogens with one attached hydrogen (secondary N) is 1. The average molecular weight is 254 g/mol. The third kappa shape index (κ3) is 4.41. The van der Waals surface area contributed by atoms with Crippen molar-refractivity contribution in [3.8, 4) is 0 Å². The van der Waals surface area contributed by atoms with Gasteiger partial charge in [-0.3, -0.25) is 10.1 Å². The molecule has 1 aromatic rings. The minimum absolute atomic E-state index is 0.336. The first-order valence-corrected chi connectivity index (χ1v) is 6.06. The van der Waals surface area contributed by atoms with Gasteiger partial charge in [-0.1, -0.05) is 19.9 Å². The molecule has 1 aromatic carbocycles. The average Bonchev–Trinajstić information content (AvgIpc) is 2.25. The maximum Gasteiger partial charge on any atom is 0.304 e. The molecule has 5 heteroatoms. The summed E-state index contributed by atoms with van der Waals surface area (Å²) < 4.78 is 13.4. The van der Waals surface area contributed by atoms with Gasteiger partial charge in [0.15, 0.2) is 0 Å². The minimum Gasteiger partial charge on any atom is -0.310 e. The van der Waals surface area contributed by atoms with Crippen LogP contribution < -0.4 is 5.32 Å². The highest BCUT2D eigenvalue weighted by atomic mass is 19.1. The van der Waals surface area contributed by atoms with E-state index in [2.05, 4.69) is 26.1 Å². The Morgan fingerprint density at radius 2 is 2.06 bits per heavy atom. The Morgan fingerprint density at radius 3 is 2.56 bits per heavy atom. The van der Waals surface area contributed by atoms with E-state index < -0.39 is 16.4 Å². The summed E-state index contributed by atoms with van der Waals surface area (Å²) >= 11 is 0. The standard InChI is InChI=1S/C13H19FN2O2/c1-9(2)6-10(3)15-8-11-4-5-13(16(17)18)12(14)7-11/h4-5,7,9-10,15H,6,8H2,1-3H3. The summed E-state index contributed by atoms with van der Waals surface area (Å²) in [4.78, 5) is 9.76. The van der Waals surface area contributed by atoms with Gasteiger partial charge >= 0.3 is 5.69 Å². The molecule has 0 heterocycles. The number of nitrogens with zero attached hydrogens (tertiary/aromatic N) is 1. The van der Waals surface area contributed by atoms with Gasteiger partial charge in [0.1, 0.15) is 0 Å². The monoisotopic (exact) mass is 254 g/mol. The molecule has 0 radical (unpaired) electrons. The first kappa shape index (κ1) is 14.6. The molecular formula is C13H19FN2O2. The van der Waals surface area contributed by atoms with Crippen molar-refractivity contribution < 1.29 is 9.31 Å². The van der Waals surface area contributed by atoms with E-state index in [1.54, 1.807) is 6.07 Å². The lowest BCUT2D eigenvalue weighted by Gasteiger charge is -2.15. The Kier molecular flexibility index (Phi) is 5.22. The van der Waals surface area contributed by atoms with E-state index >= 15 is 0 Å². The predicted octanol–water partition coefficient (Wildman–Crippen LogP) is 3.26. The van der Waals surface area contributed by atoms with Crippen molar-refractivity contribution in [3.63, 3.8) is 0 Å². The van der Waals surface area contributed by atoms with Crippen LogP contribution >= 0.6 is 0 Å². The number of rotatable bonds is 6. The van der Waals surface area contributed by atoms with Gasteiger partial charge in [0.05, 0.1) is 4.92 Å². The summed E-state index contributed by atoms with van der Waals surface area (Å²) in [5.74, 6) is -0.183. The summed E-state index contributed by atoms with van der Waals surface area (Å²) in [7, 11) is 0. The van der Waals surface area contributed by atoms with Gasteiger partial charge in [-0.25, -0.2) is 0 Å². The number of nitro benzene ring substituents is 1. The maximum atomic E-state index is 13.4. The van der Waals surface area contributed by atoms with Crippen molar-refractivity contribution in [2.45, 2.75) is 39.8 Å². The zero-order valence-electron chi connectivity index (χ0n) is 10.9. The van der Waals surface area contributed by atoms with Crippen molar-refractivity contribution in [1.29, 1.82) is 0 Å². The Hall–Kier alpha value is -1.49. The first-order chi connectivity index (χ1) is 8.40. The Labute approximate surface area is 106 Å².